The lowest BCUT2D eigenvalue weighted by atomic mass is 9.99. The molecular formula is C12H23N3O5. The molecule has 0 saturated heterocycles. The lowest BCUT2D eigenvalue weighted by molar-refractivity contribution is -0.137. The molecule has 0 atom stereocenters. The summed E-state index contributed by atoms with van der Waals surface area (Å²) in [4.78, 5) is 33.4. The highest BCUT2D eigenvalue weighted by Gasteiger charge is 2.21. The van der Waals surface area contributed by atoms with Crippen LogP contribution in [0.5, 0.6) is 0 Å². The highest BCUT2D eigenvalue weighted by atomic mass is 16.5. The van der Waals surface area contributed by atoms with Crippen molar-refractivity contribution in [3.63, 3.8) is 0 Å². The average molecular weight is 289 g/mol. The summed E-state index contributed by atoms with van der Waals surface area (Å²) in [5, 5.41) is 16.2. The topological polar surface area (TPSA) is 117 Å². The Morgan fingerprint density at radius 3 is 2.40 bits per heavy atom. The maximum atomic E-state index is 11.6. The molecule has 0 aromatic rings. The summed E-state index contributed by atoms with van der Waals surface area (Å²) in [6.07, 6.45) is 0.264. The fraction of sp³-hybridized carbons (Fsp3) is 0.750. The summed E-state index contributed by atoms with van der Waals surface area (Å²) in [6.45, 7) is 4.07. The summed E-state index contributed by atoms with van der Waals surface area (Å²) >= 11 is 0. The third-order valence-corrected chi connectivity index (χ3v) is 2.45. The van der Waals surface area contributed by atoms with Gasteiger partial charge < -0.3 is 25.8 Å². The second-order valence-corrected chi connectivity index (χ2v) is 4.93. The third-order valence-electron chi connectivity index (χ3n) is 2.45. The molecule has 0 saturated carbocycles. The van der Waals surface area contributed by atoms with Crippen LogP contribution in [-0.2, 0) is 14.3 Å². The summed E-state index contributed by atoms with van der Waals surface area (Å²) in [6, 6.07) is -0.512. The van der Waals surface area contributed by atoms with Crippen LogP contribution in [0.25, 0.3) is 0 Å². The van der Waals surface area contributed by atoms with Gasteiger partial charge in [0.2, 0.25) is 5.91 Å². The Kier molecular flexibility index (Phi) is 8.30. The number of hydrogen-bond donors (Lipinski definition) is 4. The number of carboxylic acid groups (broad SMARTS) is 1. The highest BCUT2D eigenvalue weighted by Crippen LogP contribution is 2.10. The summed E-state index contributed by atoms with van der Waals surface area (Å²) in [5.41, 5.74) is -0.658. The van der Waals surface area contributed by atoms with Gasteiger partial charge in [0.1, 0.15) is 0 Å². The average Bonchev–Trinajstić information content (AvgIpc) is 2.34. The van der Waals surface area contributed by atoms with Gasteiger partial charge in [0.25, 0.3) is 0 Å². The van der Waals surface area contributed by atoms with Crippen LogP contribution in [0.3, 0.4) is 0 Å². The first-order valence-corrected chi connectivity index (χ1v) is 6.30. The number of hydrogen-bond acceptors (Lipinski definition) is 4. The fourth-order valence-electron chi connectivity index (χ4n) is 1.35. The van der Waals surface area contributed by atoms with Crippen molar-refractivity contribution in [3.05, 3.63) is 0 Å². The van der Waals surface area contributed by atoms with E-state index < -0.39 is 17.5 Å². The van der Waals surface area contributed by atoms with E-state index >= 15 is 0 Å². The Morgan fingerprint density at radius 2 is 1.85 bits per heavy atom. The molecule has 0 aliphatic carbocycles. The molecule has 0 rings (SSSR count). The number of amides is 3. The molecule has 8 nitrogen and oxygen atoms in total. The van der Waals surface area contributed by atoms with E-state index in [4.69, 9.17) is 9.84 Å². The van der Waals surface area contributed by atoms with E-state index in [1.807, 2.05) is 0 Å². The van der Waals surface area contributed by atoms with Gasteiger partial charge in [0.15, 0.2) is 0 Å². The van der Waals surface area contributed by atoms with Crippen LogP contribution in [0.2, 0.25) is 0 Å². The van der Waals surface area contributed by atoms with Crippen molar-refractivity contribution in [3.8, 4) is 0 Å². The number of ether oxygens (including phenoxy) is 1. The van der Waals surface area contributed by atoms with E-state index in [-0.39, 0.29) is 18.9 Å². The fourth-order valence-corrected chi connectivity index (χ4v) is 1.35. The second-order valence-electron chi connectivity index (χ2n) is 4.93. The third kappa shape index (κ3) is 10.1. The normalized spacial score (nSPS) is 10.8. The molecule has 0 aliphatic rings. The van der Waals surface area contributed by atoms with Gasteiger partial charge in [-0.05, 0) is 20.3 Å². The van der Waals surface area contributed by atoms with Crippen molar-refractivity contribution in [1.29, 1.82) is 0 Å². The van der Waals surface area contributed by atoms with Crippen LogP contribution in [0, 0.1) is 0 Å². The van der Waals surface area contributed by atoms with Crippen LogP contribution in [-0.4, -0.2) is 55.4 Å². The minimum atomic E-state index is -0.919. The molecule has 0 aromatic heterocycles. The molecule has 0 unspecified atom stereocenters. The van der Waals surface area contributed by atoms with Crippen molar-refractivity contribution < 1.29 is 24.2 Å². The van der Waals surface area contributed by atoms with Gasteiger partial charge in [0.05, 0.1) is 13.2 Å². The molecule has 0 fully saturated rings. The Balaban J connectivity index is 3.91. The van der Waals surface area contributed by atoms with Crippen molar-refractivity contribution in [2.45, 2.75) is 32.2 Å². The summed E-state index contributed by atoms with van der Waals surface area (Å²) in [5.74, 6) is -1.24. The van der Waals surface area contributed by atoms with Crippen LogP contribution < -0.4 is 16.0 Å². The summed E-state index contributed by atoms with van der Waals surface area (Å²) in [7, 11) is 1.52. The first-order chi connectivity index (χ1) is 9.26. The van der Waals surface area contributed by atoms with Gasteiger partial charge in [0, 0.05) is 25.6 Å². The lowest BCUT2D eigenvalue weighted by Gasteiger charge is -2.25. The van der Waals surface area contributed by atoms with Crippen LogP contribution >= 0.6 is 0 Å². The Labute approximate surface area is 118 Å². The van der Waals surface area contributed by atoms with Gasteiger partial charge in [-0.25, -0.2) is 4.79 Å². The quantitative estimate of drug-likeness (QED) is 0.434. The first-order valence-electron chi connectivity index (χ1n) is 6.30. The number of methoxy groups -OCH3 is 1. The molecule has 0 spiro atoms. The van der Waals surface area contributed by atoms with Gasteiger partial charge in [-0.1, -0.05) is 0 Å². The molecule has 0 heterocycles. The first kappa shape index (κ1) is 18.2. The molecule has 116 valence electrons. The zero-order valence-electron chi connectivity index (χ0n) is 12.1. The molecule has 0 bridgehead atoms. The smallest absolute Gasteiger partial charge is 0.315 e. The number of aliphatic carboxylic acids is 1. The number of carbonyl (C=O) groups excluding carboxylic acids is 2. The molecule has 20 heavy (non-hydrogen) atoms. The summed E-state index contributed by atoms with van der Waals surface area (Å²) < 4.78 is 4.77. The van der Waals surface area contributed by atoms with Crippen LogP contribution in [0.4, 0.5) is 4.79 Å². The number of carboxylic acids is 1. The molecule has 0 radical (unpaired) electrons. The number of nitrogens with one attached hydrogen (secondary N) is 3. The van der Waals surface area contributed by atoms with E-state index in [0.29, 0.717) is 19.6 Å². The predicted octanol–water partition coefficient (Wildman–Crippen LogP) is -0.308. The molecule has 0 aliphatic heterocycles. The predicted molar refractivity (Wildman–Crippen MR) is 72.4 cm³/mol. The van der Waals surface area contributed by atoms with E-state index in [2.05, 4.69) is 16.0 Å². The van der Waals surface area contributed by atoms with Gasteiger partial charge in [-0.3, -0.25) is 9.59 Å². The van der Waals surface area contributed by atoms with Crippen LogP contribution in [0.1, 0.15) is 26.7 Å². The van der Waals surface area contributed by atoms with E-state index in [1.165, 1.54) is 7.11 Å². The zero-order valence-corrected chi connectivity index (χ0v) is 12.1. The minimum Gasteiger partial charge on any atom is -0.481 e. The number of carbonyl (C=O) groups is 3. The van der Waals surface area contributed by atoms with Crippen LogP contribution in [0.15, 0.2) is 0 Å². The van der Waals surface area contributed by atoms with E-state index in [1.54, 1.807) is 13.8 Å². The van der Waals surface area contributed by atoms with E-state index in [9.17, 15) is 14.4 Å². The SMILES string of the molecule is COCCNC(=O)CNC(=O)NC(C)(C)CCC(=O)O. The zero-order chi connectivity index (χ0) is 15.6. The van der Waals surface area contributed by atoms with E-state index in [0.717, 1.165) is 0 Å². The van der Waals surface area contributed by atoms with Gasteiger partial charge >= 0.3 is 12.0 Å². The molecule has 8 heteroatoms. The number of urea groups is 1. The van der Waals surface area contributed by atoms with Crippen molar-refractivity contribution in [2.75, 3.05) is 26.8 Å². The maximum Gasteiger partial charge on any atom is 0.315 e. The lowest BCUT2D eigenvalue weighted by Crippen LogP contribution is -2.50. The highest BCUT2D eigenvalue weighted by molar-refractivity contribution is 5.84. The Hall–Kier alpha value is -1.83. The maximum absolute atomic E-state index is 11.6. The molecule has 0 aromatic carbocycles. The second kappa shape index (κ2) is 9.13. The molecular weight excluding hydrogens is 266 g/mol. The standard InChI is InChI=1S/C12H23N3O5/c1-12(2,5-4-10(17)18)15-11(19)14-8-9(16)13-6-7-20-3/h4-8H2,1-3H3,(H,13,16)(H,17,18)(H2,14,15,19). The van der Waals surface area contributed by atoms with Gasteiger partial charge in [-0.2, -0.15) is 0 Å². The monoisotopic (exact) mass is 289 g/mol. The number of rotatable bonds is 9. The molecule has 3 amide bonds. The minimum absolute atomic E-state index is 0.0369. The molecule has 4 N–H and O–H groups in total. The van der Waals surface area contributed by atoms with Gasteiger partial charge in [-0.15, -0.1) is 0 Å². The van der Waals surface area contributed by atoms with Crippen molar-refractivity contribution in [1.82, 2.24) is 16.0 Å². The largest absolute Gasteiger partial charge is 0.481 e. The Morgan fingerprint density at radius 1 is 1.20 bits per heavy atom. The Bertz CT molecular complexity index is 344. The van der Waals surface area contributed by atoms with Crippen molar-refractivity contribution in [2.24, 2.45) is 0 Å². The van der Waals surface area contributed by atoms with Crippen molar-refractivity contribution >= 4 is 17.9 Å².